The number of pyridine rings is 1. The predicted octanol–water partition coefficient (Wildman–Crippen LogP) is 2.76. The lowest BCUT2D eigenvalue weighted by Gasteiger charge is -2.18. The summed E-state index contributed by atoms with van der Waals surface area (Å²) >= 11 is 1.08. The number of nitrogens with one attached hydrogen (secondary N) is 1. The Kier molecular flexibility index (Phi) is 9.03. The van der Waals surface area contributed by atoms with Crippen LogP contribution in [0.1, 0.15) is 22.3 Å². The normalized spacial score (nSPS) is 15.5. The van der Waals surface area contributed by atoms with Gasteiger partial charge in [-0.25, -0.2) is 17.6 Å². The molecule has 1 saturated heterocycles. The summed E-state index contributed by atoms with van der Waals surface area (Å²) in [6, 6.07) is 9.49. The summed E-state index contributed by atoms with van der Waals surface area (Å²) < 4.78 is 74.1. The number of likely N-dealkylation sites (tertiary alicyclic amines) is 1. The predicted molar refractivity (Wildman–Crippen MR) is 130 cm³/mol. The van der Waals surface area contributed by atoms with Gasteiger partial charge in [0.2, 0.25) is 11.8 Å². The molecule has 4 N–H and O–H groups in total. The van der Waals surface area contributed by atoms with E-state index in [1.54, 1.807) is 24.5 Å². The zero-order chi connectivity index (χ0) is 29.0. The molecular formula is C23H20F4N4O6S2. The van der Waals surface area contributed by atoms with Gasteiger partial charge >= 0.3 is 12.1 Å². The third-order valence-electron chi connectivity index (χ3n) is 5.32. The summed E-state index contributed by atoms with van der Waals surface area (Å²) in [5, 5.41) is 7.12. The van der Waals surface area contributed by atoms with E-state index >= 15 is 0 Å². The molecule has 1 fully saturated rings. The summed E-state index contributed by atoms with van der Waals surface area (Å²) in [5.74, 6) is -4.49. The first-order valence-corrected chi connectivity index (χ1v) is 13.2. The quantitative estimate of drug-likeness (QED) is 0.358. The molecule has 2 amide bonds. The molecule has 16 heteroatoms. The Balaban J connectivity index is 0.000000532. The van der Waals surface area contributed by atoms with E-state index in [4.69, 9.17) is 15.6 Å². The van der Waals surface area contributed by atoms with Gasteiger partial charge in [0.05, 0.1) is 0 Å². The van der Waals surface area contributed by atoms with E-state index < -0.39 is 45.8 Å². The number of nitrogens with zero attached hydrogens (tertiary/aromatic N) is 2. The Hall–Kier alpha value is -3.89. The molecule has 3 heterocycles. The van der Waals surface area contributed by atoms with Crippen LogP contribution >= 0.6 is 11.3 Å². The zero-order valence-electron chi connectivity index (χ0n) is 19.7. The third kappa shape index (κ3) is 7.58. The first kappa shape index (κ1) is 29.7. The standard InChI is InChI=1S/C21H19FN4O4S2.C2HF3O2/c22-16-4-3-13(20(23)27)10-15(16)12-26-9-7-17(21(26)28)25-32(29,30)19-6-5-18(31-19)14-2-1-8-24-11-14;3-2(4,5)1(6)7/h1-6,8,10-11,17,25H,7,9,12H2,(H2,23,27);(H,6,7). The Morgan fingerprint density at radius 1 is 1.21 bits per heavy atom. The number of benzene rings is 1. The number of hydrogen-bond acceptors (Lipinski definition) is 7. The molecule has 0 aliphatic carbocycles. The van der Waals surface area contributed by atoms with Crippen LogP contribution in [-0.4, -0.2) is 60.0 Å². The van der Waals surface area contributed by atoms with Crippen molar-refractivity contribution in [3.05, 3.63) is 71.8 Å². The Morgan fingerprint density at radius 2 is 1.90 bits per heavy atom. The van der Waals surface area contributed by atoms with Gasteiger partial charge in [0.1, 0.15) is 16.1 Å². The van der Waals surface area contributed by atoms with Crippen molar-refractivity contribution in [3.63, 3.8) is 0 Å². The number of carboxylic acid groups (broad SMARTS) is 1. The van der Waals surface area contributed by atoms with Crippen LogP contribution in [0.4, 0.5) is 17.6 Å². The number of aromatic nitrogens is 1. The number of rotatable bonds is 7. The zero-order valence-corrected chi connectivity index (χ0v) is 21.3. The monoisotopic (exact) mass is 588 g/mol. The van der Waals surface area contributed by atoms with E-state index in [1.165, 1.54) is 23.1 Å². The average Bonchev–Trinajstić information content (AvgIpc) is 3.49. The van der Waals surface area contributed by atoms with Gasteiger partial charge in [0.25, 0.3) is 10.0 Å². The Morgan fingerprint density at radius 3 is 2.49 bits per heavy atom. The molecule has 10 nitrogen and oxygen atoms in total. The average molecular weight is 589 g/mol. The summed E-state index contributed by atoms with van der Waals surface area (Å²) in [6.07, 6.45) is -1.57. The number of halogens is 4. The number of carbonyl (C=O) groups is 3. The lowest BCUT2D eigenvalue weighted by Crippen LogP contribution is -2.41. The number of sulfonamides is 1. The molecule has 0 saturated carbocycles. The van der Waals surface area contributed by atoms with Crippen molar-refractivity contribution in [2.75, 3.05) is 6.54 Å². The van der Waals surface area contributed by atoms with Gasteiger partial charge in [0.15, 0.2) is 0 Å². The summed E-state index contributed by atoms with van der Waals surface area (Å²) in [6.45, 7) is 0.159. The van der Waals surface area contributed by atoms with E-state index in [2.05, 4.69) is 9.71 Å². The maximum atomic E-state index is 14.1. The molecule has 4 rings (SSSR count). The number of aliphatic carboxylic acids is 1. The smallest absolute Gasteiger partial charge is 0.475 e. The van der Waals surface area contributed by atoms with Gasteiger partial charge in [-0.2, -0.15) is 17.9 Å². The number of amides is 2. The van der Waals surface area contributed by atoms with Crippen LogP contribution < -0.4 is 10.5 Å². The molecule has 1 aliphatic heterocycles. The minimum Gasteiger partial charge on any atom is -0.475 e. The fourth-order valence-corrected chi connectivity index (χ4v) is 5.97. The minimum absolute atomic E-state index is 0.0859. The molecule has 1 unspecified atom stereocenters. The van der Waals surface area contributed by atoms with E-state index in [1.807, 2.05) is 6.07 Å². The number of nitrogens with two attached hydrogens (primary N) is 1. The van der Waals surface area contributed by atoms with Gasteiger partial charge < -0.3 is 15.7 Å². The van der Waals surface area contributed by atoms with Crippen LogP contribution in [-0.2, 0) is 26.2 Å². The van der Waals surface area contributed by atoms with Crippen molar-refractivity contribution in [1.82, 2.24) is 14.6 Å². The second-order valence-corrected chi connectivity index (χ2v) is 11.1. The molecule has 1 atom stereocenters. The molecule has 0 radical (unpaired) electrons. The van der Waals surface area contributed by atoms with E-state index in [0.717, 1.165) is 27.8 Å². The number of thiophene rings is 1. The lowest BCUT2D eigenvalue weighted by atomic mass is 10.1. The number of alkyl halides is 3. The topological polar surface area (TPSA) is 160 Å². The number of hydrogen-bond donors (Lipinski definition) is 3. The SMILES string of the molecule is NC(=O)c1ccc(F)c(CN2CCC(NS(=O)(=O)c3ccc(-c4cccnc4)s3)C2=O)c1.O=C(O)C(F)(F)F. The highest BCUT2D eigenvalue weighted by molar-refractivity contribution is 7.91. The van der Waals surface area contributed by atoms with E-state index in [-0.39, 0.29) is 34.8 Å². The minimum atomic E-state index is -5.08. The molecule has 208 valence electrons. The summed E-state index contributed by atoms with van der Waals surface area (Å²) in [7, 11) is -3.92. The van der Waals surface area contributed by atoms with Crippen LogP contribution in [0.2, 0.25) is 0 Å². The number of carboxylic acids is 1. The van der Waals surface area contributed by atoms with Crippen molar-refractivity contribution in [1.29, 1.82) is 0 Å². The molecule has 3 aromatic rings. The maximum Gasteiger partial charge on any atom is 0.490 e. The Bertz CT molecular complexity index is 1480. The number of primary amides is 1. The first-order valence-electron chi connectivity index (χ1n) is 10.9. The fraction of sp³-hybridized carbons (Fsp3) is 0.217. The van der Waals surface area contributed by atoms with E-state index in [0.29, 0.717) is 0 Å². The molecule has 39 heavy (non-hydrogen) atoms. The van der Waals surface area contributed by atoms with Gasteiger partial charge in [-0.3, -0.25) is 14.6 Å². The summed E-state index contributed by atoms with van der Waals surface area (Å²) in [4.78, 5) is 39.1. The fourth-order valence-electron chi connectivity index (χ4n) is 3.43. The van der Waals surface area contributed by atoms with Crippen molar-refractivity contribution in [2.45, 2.75) is 29.4 Å². The third-order valence-corrected chi connectivity index (χ3v) is 8.42. The Labute approximate surface area is 223 Å². The highest BCUT2D eigenvalue weighted by atomic mass is 32.2. The molecule has 2 aromatic heterocycles. The second-order valence-electron chi connectivity index (χ2n) is 8.06. The maximum absolute atomic E-state index is 14.1. The number of carbonyl (C=O) groups excluding carboxylic acids is 2. The van der Waals surface area contributed by atoms with Gasteiger partial charge in [-0.15, -0.1) is 11.3 Å². The van der Waals surface area contributed by atoms with Gasteiger partial charge in [-0.1, -0.05) is 6.07 Å². The highest BCUT2D eigenvalue weighted by Crippen LogP contribution is 2.30. The van der Waals surface area contributed by atoms with Crippen LogP contribution in [0.5, 0.6) is 0 Å². The molecule has 1 aromatic carbocycles. The lowest BCUT2D eigenvalue weighted by molar-refractivity contribution is -0.192. The highest BCUT2D eigenvalue weighted by Gasteiger charge is 2.38. The first-order chi connectivity index (χ1) is 18.2. The van der Waals surface area contributed by atoms with Gasteiger partial charge in [0, 0.05) is 47.1 Å². The van der Waals surface area contributed by atoms with Crippen LogP contribution in [0.3, 0.4) is 0 Å². The van der Waals surface area contributed by atoms with Crippen LogP contribution in [0, 0.1) is 5.82 Å². The van der Waals surface area contributed by atoms with Crippen LogP contribution in [0.15, 0.2) is 59.1 Å². The van der Waals surface area contributed by atoms with Crippen molar-refractivity contribution >= 4 is 39.1 Å². The van der Waals surface area contributed by atoms with Crippen molar-refractivity contribution < 1.29 is 45.5 Å². The summed E-state index contributed by atoms with van der Waals surface area (Å²) in [5.41, 5.74) is 6.29. The van der Waals surface area contributed by atoms with Gasteiger partial charge in [-0.05, 0) is 42.8 Å². The molecule has 0 bridgehead atoms. The molecule has 1 aliphatic rings. The second kappa shape index (κ2) is 11.9. The molecule has 0 spiro atoms. The largest absolute Gasteiger partial charge is 0.490 e. The van der Waals surface area contributed by atoms with Crippen molar-refractivity contribution in [2.24, 2.45) is 5.73 Å². The van der Waals surface area contributed by atoms with E-state index in [9.17, 15) is 35.6 Å². The van der Waals surface area contributed by atoms with Crippen LogP contribution in [0.25, 0.3) is 10.4 Å². The molecular weight excluding hydrogens is 568 g/mol. The van der Waals surface area contributed by atoms with Crippen molar-refractivity contribution in [3.8, 4) is 10.4 Å².